The molecule has 1 aromatic heterocycles. The van der Waals surface area contributed by atoms with Crippen molar-refractivity contribution in [3.8, 4) is 0 Å². The van der Waals surface area contributed by atoms with Crippen LogP contribution in [0.5, 0.6) is 0 Å². The number of fused-ring (bicyclic) bond motifs is 1. The van der Waals surface area contributed by atoms with E-state index in [1.54, 1.807) is 12.1 Å². The van der Waals surface area contributed by atoms with Crippen LogP contribution in [0.15, 0.2) is 23.1 Å². The molecular weight excluding hydrogens is 248 g/mol. The monoisotopic (exact) mass is 258 g/mol. The zero-order valence-corrected chi connectivity index (χ0v) is 10.5. The molecule has 0 N–H and O–H groups in total. The first-order valence-corrected chi connectivity index (χ1v) is 7.14. The Bertz CT molecular complexity index is 646. The molecule has 0 aliphatic rings. The lowest BCUT2D eigenvalue weighted by Crippen LogP contribution is -1.96. The fourth-order valence-electron chi connectivity index (χ4n) is 1.69. The van der Waals surface area contributed by atoms with E-state index < -0.39 is 9.05 Å². The van der Waals surface area contributed by atoms with Gasteiger partial charge in [-0.15, -0.1) is 0 Å². The molecule has 1 heterocycles. The van der Waals surface area contributed by atoms with Gasteiger partial charge in [-0.1, -0.05) is 6.92 Å². The van der Waals surface area contributed by atoms with Gasteiger partial charge >= 0.3 is 0 Å². The van der Waals surface area contributed by atoms with Crippen molar-refractivity contribution < 1.29 is 8.42 Å². The minimum absolute atomic E-state index is 0.104. The largest absolute Gasteiger partial charge is 0.331 e. The van der Waals surface area contributed by atoms with Crippen LogP contribution in [0, 0.1) is 0 Å². The van der Waals surface area contributed by atoms with E-state index in [9.17, 15) is 8.42 Å². The van der Waals surface area contributed by atoms with Crippen LogP contribution in [-0.4, -0.2) is 18.0 Å². The third kappa shape index (κ3) is 1.81. The Morgan fingerprint density at radius 2 is 2.12 bits per heavy atom. The van der Waals surface area contributed by atoms with Gasteiger partial charge in [0.15, 0.2) is 0 Å². The Kier molecular flexibility index (Phi) is 2.67. The first-order chi connectivity index (χ1) is 7.43. The van der Waals surface area contributed by atoms with E-state index in [0.717, 1.165) is 23.3 Å². The summed E-state index contributed by atoms with van der Waals surface area (Å²) in [6.07, 6.45) is 0.800. The highest BCUT2D eigenvalue weighted by Crippen LogP contribution is 2.22. The second kappa shape index (κ2) is 3.75. The fraction of sp³-hybridized carbons (Fsp3) is 0.300. The Balaban J connectivity index is 2.75. The molecule has 86 valence electrons. The quantitative estimate of drug-likeness (QED) is 0.775. The Hall–Kier alpha value is -1.07. The van der Waals surface area contributed by atoms with Gasteiger partial charge in [-0.3, -0.25) is 0 Å². The molecule has 0 fully saturated rings. The molecule has 0 amide bonds. The van der Waals surface area contributed by atoms with Gasteiger partial charge < -0.3 is 4.57 Å². The van der Waals surface area contributed by atoms with Crippen molar-refractivity contribution in [1.29, 1.82) is 0 Å². The summed E-state index contributed by atoms with van der Waals surface area (Å²) in [7, 11) is 3.48. The predicted molar refractivity (Wildman–Crippen MR) is 63.1 cm³/mol. The van der Waals surface area contributed by atoms with Crippen molar-refractivity contribution in [3.63, 3.8) is 0 Å². The van der Waals surface area contributed by atoms with E-state index >= 15 is 0 Å². The molecule has 0 bridgehead atoms. The molecule has 0 unspecified atom stereocenters. The summed E-state index contributed by atoms with van der Waals surface area (Å²) in [4.78, 5) is 4.48. The van der Waals surface area contributed by atoms with Gasteiger partial charge in [-0.2, -0.15) is 0 Å². The molecule has 1 aromatic carbocycles. The lowest BCUT2D eigenvalue weighted by atomic mass is 10.3. The average molecular weight is 259 g/mol. The summed E-state index contributed by atoms with van der Waals surface area (Å²) < 4.78 is 24.3. The minimum Gasteiger partial charge on any atom is -0.331 e. The number of aromatic nitrogens is 2. The molecule has 0 radical (unpaired) electrons. The Morgan fingerprint density at radius 3 is 2.69 bits per heavy atom. The fourth-order valence-corrected chi connectivity index (χ4v) is 2.46. The smallest absolute Gasteiger partial charge is 0.261 e. The molecule has 0 aliphatic carbocycles. The lowest BCUT2D eigenvalue weighted by molar-refractivity contribution is 0.609. The maximum Gasteiger partial charge on any atom is 0.261 e. The zero-order valence-electron chi connectivity index (χ0n) is 8.94. The maximum atomic E-state index is 11.2. The van der Waals surface area contributed by atoms with Crippen LogP contribution in [0.1, 0.15) is 12.7 Å². The van der Waals surface area contributed by atoms with E-state index in [1.807, 2.05) is 18.5 Å². The van der Waals surface area contributed by atoms with E-state index in [0.29, 0.717) is 0 Å². The molecule has 2 rings (SSSR count). The number of rotatable bonds is 2. The second-order valence-corrected chi connectivity index (χ2v) is 6.09. The predicted octanol–water partition coefficient (Wildman–Crippen LogP) is 2.06. The van der Waals surface area contributed by atoms with Crippen LogP contribution in [0.4, 0.5) is 0 Å². The summed E-state index contributed by atoms with van der Waals surface area (Å²) in [5.74, 6) is 0.916. The standard InChI is InChI=1S/C10H11ClN2O2S/c1-3-10-12-8-5-4-7(16(11,14)15)6-9(8)13(10)2/h4-6H,3H2,1-2H3. The van der Waals surface area contributed by atoms with Crippen molar-refractivity contribution in [3.05, 3.63) is 24.0 Å². The Labute approximate surface area is 98.3 Å². The van der Waals surface area contributed by atoms with Crippen LogP contribution in [0.2, 0.25) is 0 Å². The van der Waals surface area contributed by atoms with Crippen molar-refractivity contribution in [2.24, 2.45) is 7.05 Å². The first-order valence-electron chi connectivity index (χ1n) is 4.83. The number of imidazole rings is 1. The minimum atomic E-state index is -3.68. The number of hydrogen-bond donors (Lipinski definition) is 0. The Morgan fingerprint density at radius 1 is 1.44 bits per heavy atom. The van der Waals surface area contributed by atoms with Gasteiger partial charge in [0.2, 0.25) is 0 Å². The topological polar surface area (TPSA) is 52.0 Å². The third-order valence-corrected chi connectivity index (χ3v) is 3.89. The molecule has 0 saturated heterocycles. The van der Waals surface area contributed by atoms with Crippen LogP contribution in [0.25, 0.3) is 11.0 Å². The number of benzene rings is 1. The van der Waals surface area contributed by atoms with Gasteiger partial charge in [-0.25, -0.2) is 13.4 Å². The van der Waals surface area contributed by atoms with Gasteiger partial charge in [0.1, 0.15) is 5.82 Å². The number of hydrogen-bond acceptors (Lipinski definition) is 3. The summed E-state index contributed by atoms with van der Waals surface area (Å²) in [6.45, 7) is 2.00. The summed E-state index contributed by atoms with van der Waals surface area (Å²) in [5, 5.41) is 0. The second-order valence-electron chi connectivity index (χ2n) is 3.53. The summed E-state index contributed by atoms with van der Waals surface area (Å²) in [5.41, 5.74) is 1.56. The highest BCUT2D eigenvalue weighted by molar-refractivity contribution is 8.13. The van der Waals surface area contributed by atoms with Crippen molar-refractivity contribution in [1.82, 2.24) is 9.55 Å². The summed E-state index contributed by atoms with van der Waals surface area (Å²) >= 11 is 0. The third-order valence-electron chi connectivity index (χ3n) is 2.54. The normalized spacial score (nSPS) is 12.2. The van der Waals surface area contributed by atoms with Gasteiger partial charge in [-0.05, 0) is 18.2 Å². The van der Waals surface area contributed by atoms with Crippen LogP contribution in [-0.2, 0) is 22.5 Å². The highest BCUT2D eigenvalue weighted by Gasteiger charge is 2.13. The van der Waals surface area contributed by atoms with Crippen molar-refractivity contribution in [2.45, 2.75) is 18.2 Å². The molecule has 2 aromatic rings. The van der Waals surface area contributed by atoms with Crippen LogP contribution < -0.4 is 0 Å². The van der Waals surface area contributed by atoms with E-state index in [-0.39, 0.29) is 4.90 Å². The molecule has 6 heteroatoms. The van der Waals surface area contributed by atoms with E-state index in [2.05, 4.69) is 4.98 Å². The number of halogens is 1. The van der Waals surface area contributed by atoms with Gasteiger partial charge in [0.05, 0.1) is 15.9 Å². The van der Waals surface area contributed by atoms with Crippen LogP contribution >= 0.6 is 10.7 Å². The highest BCUT2D eigenvalue weighted by atomic mass is 35.7. The maximum absolute atomic E-state index is 11.2. The van der Waals surface area contributed by atoms with E-state index in [4.69, 9.17) is 10.7 Å². The van der Waals surface area contributed by atoms with Crippen molar-refractivity contribution in [2.75, 3.05) is 0 Å². The molecule has 16 heavy (non-hydrogen) atoms. The zero-order chi connectivity index (χ0) is 11.9. The molecule has 0 spiro atoms. The summed E-state index contributed by atoms with van der Waals surface area (Å²) in [6, 6.07) is 4.69. The molecule has 0 saturated carbocycles. The SMILES string of the molecule is CCc1nc2ccc(S(=O)(=O)Cl)cc2n1C. The van der Waals surface area contributed by atoms with Crippen LogP contribution in [0.3, 0.4) is 0 Å². The molecular formula is C10H11ClN2O2S. The van der Waals surface area contributed by atoms with Gasteiger partial charge in [0.25, 0.3) is 9.05 Å². The number of aryl methyl sites for hydroxylation is 2. The van der Waals surface area contributed by atoms with Gasteiger partial charge in [0, 0.05) is 24.2 Å². The molecule has 4 nitrogen and oxygen atoms in total. The van der Waals surface area contributed by atoms with E-state index in [1.165, 1.54) is 6.07 Å². The molecule has 0 aliphatic heterocycles. The van der Waals surface area contributed by atoms with Crippen molar-refractivity contribution >= 4 is 30.8 Å². The molecule has 0 atom stereocenters. The lowest BCUT2D eigenvalue weighted by Gasteiger charge is -1.99. The first kappa shape index (κ1) is 11.4. The average Bonchev–Trinajstić information content (AvgIpc) is 2.54. The number of nitrogens with zero attached hydrogens (tertiary/aromatic N) is 2.